The Morgan fingerprint density at radius 1 is 1.21 bits per heavy atom. The molecule has 2 rings (SSSR count). The molecule has 1 N–H and O–H groups in total. The molecule has 1 aliphatic heterocycles. The molecule has 0 aliphatic carbocycles. The lowest BCUT2D eigenvalue weighted by atomic mass is 9.84. The van der Waals surface area contributed by atoms with Gasteiger partial charge in [-0.3, -0.25) is 14.5 Å². The van der Waals surface area contributed by atoms with Crippen molar-refractivity contribution in [1.29, 1.82) is 0 Å². The highest BCUT2D eigenvalue weighted by Crippen LogP contribution is 2.31. The van der Waals surface area contributed by atoms with E-state index in [-0.39, 0.29) is 17.9 Å². The molecule has 1 heterocycles. The summed E-state index contributed by atoms with van der Waals surface area (Å²) in [6.45, 7) is 16.1. The highest BCUT2D eigenvalue weighted by atomic mass is 16.2. The SMILES string of the molecule is C=C(C)CN(CC)C(=O)CN1C(=O)N[C@](C)(c2ccc(C(C)(C)C)cc2)C1=O. The smallest absolute Gasteiger partial charge is 0.325 e. The predicted molar refractivity (Wildman–Crippen MR) is 110 cm³/mol. The topological polar surface area (TPSA) is 69.7 Å². The van der Waals surface area contributed by atoms with E-state index in [0.29, 0.717) is 18.7 Å². The van der Waals surface area contributed by atoms with Crippen molar-refractivity contribution >= 4 is 17.8 Å². The van der Waals surface area contributed by atoms with Crippen LogP contribution in [0.2, 0.25) is 0 Å². The van der Waals surface area contributed by atoms with Crippen LogP contribution in [-0.2, 0) is 20.5 Å². The third-order valence-electron chi connectivity index (χ3n) is 5.09. The van der Waals surface area contributed by atoms with Crippen LogP contribution >= 0.6 is 0 Å². The molecule has 6 nitrogen and oxygen atoms in total. The average molecular weight is 386 g/mol. The zero-order valence-electron chi connectivity index (χ0n) is 17.8. The quantitative estimate of drug-likeness (QED) is 0.604. The second-order valence-corrected chi connectivity index (χ2v) is 8.64. The van der Waals surface area contributed by atoms with Gasteiger partial charge in [-0.05, 0) is 37.3 Å². The summed E-state index contributed by atoms with van der Waals surface area (Å²) in [4.78, 5) is 40.7. The molecule has 152 valence electrons. The van der Waals surface area contributed by atoms with Crippen molar-refractivity contribution in [3.63, 3.8) is 0 Å². The summed E-state index contributed by atoms with van der Waals surface area (Å²) in [5.41, 5.74) is 1.49. The molecular formula is C22H31N3O3. The lowest BCUT2D eigenvalue weighted by molar-refractivity contribution is -0.138. The Morgan fingerprint density at radius 2 is 1.79 bits per heavy atom. The summed E-state index contributed by atoms with van der Waals surface area (Å²) in [5, 5.41) is 2.76. The Kier molecular flexibility index (Phi) is 6.02. The fourth-order valence-corrected chi connectivity index (χ4v) is 3.28. The van der Waals surface area contributed by atoms with Crippen LogP contribution in [0.5, 0.6) is 0 Å². The van der Waals surface area contributed by atoms with E-state index in [1.54, 1.807) is 11.8 Å². The van der Waals surface area contributed by atoms with Gasteiger partial charge in [0, 0.05) is 13.1 Å². The van der Waals surface area contributed by atoms with Gasteiger partial charge in [0.15, 0.2) is 0 Å². The number of urea groups is 1. The van der Waals surface area contributed by atoms with Crippen LogP contribution in [0.25, 0.3) is 0 Å². The van der Waals surface area contributed by atoms with Crippen LogP contribution in [0, 0.1) is 0 Å². The van der Waals surface area contributed by atoms with Gasteiger partial charge in [0.2, 0.25) is 5.91 Å². The molecule has 0 aromatic heterocycles. The lowest BCUT2D eigenvalue weighted by Gasteiger charge is -2.25. The largest absolute Gasteiger partial charge is 0.337 e. The third kappa shape index (κ3) is 4.26. The number of nitrogens with zero attached hydrogens (tertiary/aromatic N) is 2. The van der Waals surface area contributed by atoms with E-state index >= 15 is 0 Å². The lowest BCUT2D eigenvalue weighted by Crippen LogP contribution is -2.44. The highest BCUT2D eigenvalue weighted by Gasteiger charge is 2.49. The minimum atomic E-state index is -1.18. The zero-order valence-corrected chi connectivity index (χ0v) is 17.8. The zero-order chi connectivity index (χ0) is 21.3. The summed E-state index contributed by atoms with van der Waals surface area (Å²) < 4.78 is 0. The molecule has 0 saturated carbocycles. The number of hydrogen-bond acceptors (Lipinski definition) is 3. The number of benzene rings is 1. The Morgan fingerprint density at radius 3 is 2.25 bits per heavy atom. The predicted octanol–water partition coefficient (Wildman–Crippen LogP) is 3.18. The molecule has 28 heavy (non-hydrogen) atoms. The van der Waals surface area contributed by atoms with Gasteiger partial charge >= 0.3 is 6.03 Å². The summed E-state index contributed by atoms with van der Waals surface area (Å²) in [6, 6.07) is 7.12. The van der Waals surface area contributed by atoms with E-state index in [1.165, 1.54) is 0 Å². The van der Waals surface area contributed by atoms with Crippen LogP contribution in [0.3, 0.4) is 0 Å². The molecule has 6 heteroatoms. The Hall–Kier alpha value is -2.63. The van der Waals surface area contributed by atoms with Crippen molar-refractivity contribution in [2.24, 2.45) is 0 Å². The van der Waals surface area contributed by atoms with Crippen LogP contribution in [0.1, 0.15) is 52.7 Å². The molecule has 1 aliphatic rings. The Bertz CT molecular complexity index is 792. The van der Waals surface area contributed by atoms with E-state index in [1.807, 2.05) is 38.1 Å². The molecule has 1 atom stereocenters. The number of amides is 4. The van der Waals surface area contributed by atoms with Crippen molar-refractivity contribution in [3.05, 3.63) is 47.5 Å². The van der Waals surface area contributed by atoms with Crippen molar-refractivity contribution in [1.82, 2.24) is 15.1 Å². The van der Waals surface area contributed by atoms with Gasteiger partial charge in [0.05, 0.1) is 0 Å². The van der Waals surface area contributed by atoms with Crippen LogP contribution in [0.4, 0.5) is 4.79 Å². The second kappa shape index (κ2) is 7.78. The number of carbonyl (C=O) groups is 3. The van der Waals surface area contributed by atoms with E-state index in [9.17, 15) is 14.4 Å². The van der Waals surface area contributed by atoms with Crippen LogP contribution in [0.15, 0.2) is 36.4 Å². The third-order valence-corrected chi connectivity index (χ3v) is 5.09. The van der Waals surface area contributed by atoms with E-state index in [2.05, 4.69) is 32.7 Å². The van der Waals surface area contributed by atoms with E-state index in [0.717, 1.165) is 16.0 Å². The van der Waals surface area contributed by atoms with E-state index in [4.69, 9.17) is 0 Å². The van der Waals surface area contributed by atoms with Crippen molar-refractivity contribution in [2.75, 3.05) is 19.6 Å². The first-order valence-corrected chi connectivity index (χ1v) is 9.57. The number of likely N-dealkylation sites (N-methyl/N-ethyl adjacent to an activating group) is 1. The van der Waals surface area contributed by atoms with Gasteiger partial charge in [0.1, 0.15) is 12.1 Å². The minimum absolute atomic E-state index is 0.00623. The van der Waals surface area contributed by atoms with Gasteiger partial charge in [0.25, 0.3) is 5.91 Å². The first-order valence-electron chi connectivity index (χ1n) is 9.57. The number of rotatable bonds is 6. The molecule has 0 radical (unpaired) electrons. The molecule has 1 saturated heterocycles. The normalized spacial score (nSPS) is 19.6. The van der Waals surface area contributed by atoms with Gasteiger partial charge in [-0.2, -0.15) is 0 Å². The number of carbonyl (C=O) groups excluding carboxylic acids is 3. The second-order valence-electron chi connectivity index (χ2n) is 8.64. The molecule has 1 aromatic rings. The number of hydrogen-bond donors (Lipinski definition) is 1. The van der Waals surface area contributed by atoms with E-state index < -0.39 is 17.5 Å². The fourth-order valence-electron chi connectivity index (χ4n) is 3.28. The van der Waals surface area contributed by atoms with Crippen molar-refractivity contribution in [3.8, 4) is 0 Å². The first-order chi connectivity index (χ1) is 12.9. The molecule has 1 fully saturated rings. The van der Waals surface area contributed by atoms with Gasteiger partial charge in [-0.15, -0.1) is 0 Å². The average Bonchev–Trinajstić information content (AvgIpc) is 2.83. The number of nitrogens with one attached hydrogen (secondary N) is 1. The molecule has 0 spiro atoms. The number of imide groups is 1. The van der Waals surface area contributed by atoms with Gasteiger partial charge in [-0.1, -0.05) is 57.2 Å². The van der Waals surface area contributed by atoms with Crippen molar-refractivity contribution < 1.29 is 14.4 Å². The summed E-state index contributed by atoms with van der Waals surface area (Å²) in [5.74, 6) is -0.693. The maximum absolute atomic E-state index is 13.0. The summed E-state index contributed by atoms with van der Waals surface area (Å²) in [6.07, 6.45) is 0. The standard InChI is InChI=1S/C22H31N3O3/c1-8-24(13-15(2)3)18(26)14-25-19(27)22(7,23-20(25)28)17-11-9-16(10-12-17)21(4,5)6/h9-12H,2,8,13-14H2,1,3-7H3,(H,23,28)/t22-/m1/s1. The summed E-state index contributed by atoms with van der Waals surface area (Å²) in [7, 11) is 0. The Labute approximate surface area is 167 Å². The minimum Gasteiger partial charge on any atom is -0.337 e. The molecule has 0 unspecified atom stereocenters. The molecule has 0 bridgehead atoms. The summed E-state index contributed by atoms with van der Waals surface area (Å²) >= 11 is 0. The monoisotopic (exact) mass is 385 g/mol. The Balaban J connectivity index is 2.22. The maximum Gasteiger partial charge on any atom is 0.325 e. The van der Waals surface area contributed by atoms with Crippen molar-refractivity contribution in [2.45, 2.75) is 52.5 Å². The molecule has 4 amide bonds. The molecule has 1 aromatic carbocycles. The van der Waals surface area contributed by atoms with Gasteiger partial charge < -0.3 is 10.2 Å². The highest BCUT2D eigenvalue weighted by molar-refractivity contribution is 6.09. The fraction of sp³-hybridized carbons (Fsp3) is 0.500. The van der Waals surface area contributed by atoms with Crippen LogP contribution in [-0.4, -0.2) is 47.3 Å². The van der Waals surface area contributed by atoms with Crippen LogP contribution < -0.4 is 5.32 Å². The molecular weight excluding hydrogens is 354 g/mol. The van der Waals surface area contributed by atoms with Gasteiger partial charge in [-0.25, -0.2) is 4.79 Å². The maximum atomic E-state index is 13.0. The first kappa shape index (κ1) is 21.7.